The number of benzene rings is 1. The zero-order valence-corrected chi connectivity index (χ0v) is 10.9. The van der Waals surface area contributed by atoms with Crippen molar-refractivity contribution in [1.82, 2.24) is 15.4 Å². The topological polar surface area (TPSA) is 78.9 Å². The lowest BCUT2D eigenvalue weighted by Gasteiger charge is -2.02. The third kappa shape index (κ3) is 3.40. The Morgan fingerprint density at radius 3 is 2.63 bits per heavy atom. The number of nitrogens with zero attached hydrogens (tertiary/aromatic N) is 2. The molecule has 0 aliphatic carbocycles. The fraction of sp³-hybridized carbons (Fsp3) is 0.357. The molecule has 1 aromatic heterocycles. The number of aliphatic carboxylic acids is 1. The van der Waals surface area contributed by atoms with E-state index < -0.39 is 5.97 Å². The summed E-state index contributed by atoms with van der Waals surface area (Å²) in [4.78, 5) is 10.7. The third-order valence-corrected chi connectivity index (χ3v) is 2.99. The molecule has 0 radical (unpaired) electrons. The van der Waals surface area contributed by atoms with Crippen molar-refractivity contribution >= 4 is 5.97 Å². The predicted molar refractivity (Wildman–Crippen MR) is 71.8 cm³/mol. The molecule has 5 nitrogen and oxygen atoms in total. The van der Waals surface area contributed by atoms with Gasteiger partial charge in [0.15, 0.2) is 0 Å². The number of carboxylic acids is 1. The van der Waals surface area contributed by atoms with Crippen LogP contribution in [0, 0.1) is 0 Å². The average molecular weight is 259 g/mol. The van der Waals surface area contributed by atoms with Crippen molar-refractivity contribution in [2.24, 2.45) is 0 Å². The minimum absolute atomic E-state index is 0.122. The Balaban J connectivity index is 2.18. The summed E-state index contributed by atoms with van der Waals surface area (Å²) in [5.74, 6) is -0.908. The Bertz CT molecular complexity index is 546. The van der Waals surface area contributed by atoms with Gasteiger partial charge in [-0.25, -0.2) is 0 Å². The van der Waals surface area contributed by atoms with Gasteiger partial charge < -0.3 is 5.11 Å². The first-order valence-corrected chi connectivity index (χ1v) is 6.41. The molecular weight excluding hydrogens is 242 g/mol. The molecule has 0 atom stereocenters. The average Bonchev–Trinajstić information content (AvgIpc) is 2.84. The number of aromatic nitrogens is 3. The summed E-state index contributed by atoms with van der Waals surface area (Å²) >= 11 is 0. The smallest absolute Gasteiger partial charge is 0.309 e. The highest BCUT2D eigenvalue weighted by Gasteiger charge is 2.13. The maximum Gasteiger partial charge on any atom is 0.309 e. The Morgan fingerprint density at radius 2 is 2.00 bits per heavy atom. The van der Waals surface area contributed by atoms with E-state index in [4.69, 9.17) is 5.11 Å². The zero-order valence-electron chi connectivity index (χ0n) is 10.9. The van der Waals surface area contributed by atoms with E-state index in [0.29, 0.717) is 11.4 Å². The van der Waals surface area contributed by atoms with Crippen LogP contribution in [0.1, 0.15) is 31.0 Å². The van der Waals surface area contributed by atoms with Gasteiger partial charge in [-0.3, -0.25) is 4.79 Å². The minimum atomic E-state index is -0.908. The van der Waals surface area contributed by atoms with Gasteiger partial charge in [0.1, 0.15) is 11.4 Å². The molecule has 2 aromatic rings. The molecule has 19 heavy (non-hydrogen) atoms. The highest BCUT2D eigenvalue weighted by atomic mass is 16.4. The second-order valence-electron chi connectivity index (χ2n) is 4.49. The van der Waals surface area contributed by atoms with Gasteiger partial charge in [-0.05, 0) is 18.4 Å². The van der Waals surface area contributed by atoms with Gasteiger partial charge in [-0.15, -0.1) is 0 Å². The zero-order chi connectivity index (χ0) is 13.7. The first-order valence-electron chi connectivity index (χ1n) is 6.41. The Kier molecular flexibility index (Phi) is 4.28. The number of carbonyl (C=O) groups is 1. The van der Waals surface area contributed by atoms with Crippen molar-refractivity contribution in [1.29, 1.82) is 0 Å². The number of hydrogen-bond acceptors (Lipinski definition) is 3. The number of carboxylic acid groups (broad SMARTS) is 1. The van der Waals surface area contributed by atoms with Gasteiger partial charge in [-0.2, -0.15) is 15.4 Å². The largest absolute Gasteiger partial charge is 0.481 e. The predicted octanol–water partition coefficient (Wildman–Crippen LogP) is 2.44. The Morgan fingerprint density at radius 1 is 1.26 bits per heavy atom. The summed E-state index contributed by atoms with van der Waals surface area (Å²) in [6.45, 7) is 2.17. The van der Waals surface area contributed by atoms with Crippen LogP contribution in [0.5, 0.6) is 0 Å². The van der Waals surface area contributed by atoms with E-state index >= 15 is 0 Å². The van der Waals surface area contributed by atoms with Gasteiger partial charge in [0.2, 0.25) is 0 Å². The molecule has 100 valence electrons. The van der Waals surface area contributed by atoms with E-state index in [9.17, 15) is 4.79 Å². The van der Waals surface area contributed by atoms with Crippen molar-refractivity contribution in [2.45, 2.75) is 32.6 Å². The molecule has 0 aliphatic heterocycles. The molecule has 0 spiro atoms. The Hall–Kier alpha value is -2.17. The third-order valence-electron chi connectivity index (χ3n) is 2.99. The van der Waals surface area contributed by atoms with Gasteiger partial charge in [-0.1, -0.05) is 37.6 Å². The van der Waals surface area contributed by atoms with Crippen LogP contribution >= 0.6 is 0 Å². The first-order chi connectivity index (χ1) is 9.20. The number of nitrogens with one attached hydrogen (secondary N) is 1. The van der Waals surface area contributed by atoms with Crippen LogP contribution in [-0.2, 0) is 17.6 Å². The highest BCUT2D eigenvalue weighted by Crippen LogP contribution is 2.21. The summed E-state index contributed by atoms with van der Waals surface area (Å²) in [7, 11) is 0. The number of aryl methyl sites for hydroxylation is 1. The summed E-state index contributed by atoms with van der Waals surface area (Å²) in [5.41, 5.74) is 3.26. The molecule has 1 heterocycles. The molecule has 0 saturated heterocycles. The minimum Gasteiger partial charge on any atom is -0.481 e. The fourth-order valence-corrected chi connectivity index (χ4v) is 1.96. The van der Waals surface area contributed by atoms with Crippen molar-refractivity contribution in [3.8, 4) is 11.3 Å². The summed E-state index contributed by atoms with van der Waals surface area (Å²) in [6, 6.07) is 8.05. The quantitative estimate of drug-likeness (QED) is 0.835. The standard InChI is InChI=1S/C14H17N3O2/c1-2-3-4-10-5-7-11(8-6-10)14-12(9-13(18)19)15-17-16-14/h5-8H,2-4,9H2,1H3,(H,18,19)(H,15,16,17). The van der Waals surface area contributed by atoms with E-state index in [1.165, 1.54) is 18.4 Å². The van der Waals surface area contributed by atoms with Crippen LogP contribution in [0.15, 0.2) is 24.3 Å². The second-order valence-corrected chi connectivity index (χ2v) is 4.49. The number of unbranched alkanes of at least 4 members (excludes halogenated alkanes) is 1. The van der Waals surface area contributed by atoms with Crippen molar-refractivity contribution in [3.05, 3.63) is 35.5 Å². The van der Waals surface area contributed by atoms with Gasteiger partial charge >= 0.3 is 5.97 Å². The Labute approximate surface area is 111 Å². The van der Waals surface area contributed by atoms with Crippen LogP contribution < -0.4 is 0 Å². The molecule has 0 bridgehead atoms. The van der Waals surface area contributed by atoms with Gasteiger partial charge in [0.25, 0.3) is 0 Å². The lowest BCUT2D eigenvalue weighted by molar-refractivity contribution is -0.136. The van der Waals surface area contributed by atoms with Gasteiger partial charge in [0.05, 0.1) is 6.42 Å². The second kappa shape index (κ2) is 6.13. The number of rotatable bonds is 6. The van der Waals surface area contributed by atoms with E-state index in [-0.39, 0.29) is 6.42 Å². The van der Waals surface area contributed by atoms with E-state index in [0.717, 1.165) is 12.0 Å². The molecular formula is C14H17N3O2. The van der Waals surface area contributed by atoms with E-state index in [1.54, 1.807) is 0 Å². The molecule has 2 rings (SSSR count). The number of H-pyrrole nitrogens is 1. The lowest BCUT2D eigenvalue weighted by atomic mass is 10.0. The van der Waals surface area contributed by atoms with Crippen molar-refractivity contribution in [3.63, 3.8) is 0 Å². The molecule has 0 amide bonds. The highest BCUT2D eigenvalue weighted by molar-refractivity contribution is 5.73. The molecule has 0 aliphatic rings. The molecule has 0 fully saturated rings. The SMILES string of the molecule is CCCCc1ccc(-c2n[nH]nc2CC(=O)O)cc1. The van der Waals surface area contributed by atoms with Crippen LogP contribution in [0.3, 0.4) is 0 Å². The van der Waals surface area contributed by atoms with Gasteiger partial charge in [0, 0.05) is 5.56 Å². The molecule has 5 heteroatoms. The fourth-order valence-electron chi connectivity index (χ4n) is 1.96. The van der Waals surface area contributed by atoms with Crippen molar-refractivity contribution in [2.75, 3.05) is 0 Å². The van der Waals surface area contributed by atoms with Crippen LogP contribution in [0.25, 0.3) is 11.3 Å². The van der Waals surface area contributed by atoms with Crippen LogP contribution in [-0.4, -0.2) is 26.5 Å². The normalized spacial score (nSPS) is 10.6. The maximum atomic E-state index is 10.7. The molecule has 1 aromatic carbocycles. The van der Waals surface area contributed by atoms with Crippen molar-refractivity contribution < 1.29 is 9.90 Å². The molecule has 0 unspecified atom stereocenters. The molecule has 2 N–H and O–H groups in total. The monoisotopic (exact) mass is 259 g/mol. The first kappa shape index (κ1) is 13.3. The van der Waals surface area contributed by atoms with E-state index in [2.05, 4.69) is 34.5 Å². The summed E-state index contributed by atoms with van der Waals surface area (Å²) in [5, 5.41) is 19.2. The summed E-state index contributed by atoms with van der Waals surface area (Å²) in [6.07, 6.45) is 3.29. The maximum absolute atomic E-state index is 10.7. The number of hydrogen-bond donors (Lipinski definition) is 2. The lowest BCUT2D eigenvalue weighted by Crippen LogP contribution is -2.02. The number of aromatic amines is 1. The van der Waals surface area contributed by atoms with Crippen LogP contribution in [0.4, 0.5) is 0 Å². The molecule has 0 saturated carbocycles. The van der Waals surface area contributed by atoms with Crippen LogP contribution in [0.2, 0.25) is 0 Å². The summed E-state index contributed by atoms with van der Waals surface area (Å²) < 4.78 is 0. The van der Waals surface area contributed by atoms with E-state index in [1.807, 2.05) is 12.1 Å².